The van der Waals surface area contributed by atoms with E-state index in [2.05, 4.69) is 35.7 Å². The molecule has 1 N–H and O–H groups in total. The molecule has 0 bridgehead atoms. The summed E-state index contributed by atoms with van der Waals surface area (Å²) in [5, 5.41) is 11.7. The van der Waals surface area contributed by atoms with Crippen molar-refractivity contribution in [1.29, 1.82) is 5.26 Å². The third-order valence-electron chi connectivity index (χ3n) is 2.84. The minimum atomic E-state index is 0. The summed E-state index contributed by atoms with van der Waals surface area (Å²) in [6.07, 6.45) is 1.70. The molecular formula is C13H17ClN2O. The highest BCUT2D eigenvalue weighted by molar-refractivity contribution is 5.85. The number of halogens is 1. The van der Waals surface area contributed by atoms with Gasteiger partial charge in [-0.25, -0.2) is 0 Å². The second-order valence-electron chi connectivity index (χ2n) is 3.92. The van der Waals surface area contributed by atoms with E-state index in [-0.39, 0.29) is 18.5 Å². The highest BCUT2D eigenvalue weighted by atomic mass is 35.5. The minimum absolute atomic E-state index is 0. The van der Waals surface area contributed by atoms with Crippen molar-refractivity contribution in [2.45, 2.75) is 18.9 Å². The maximum Gasteiger partial charge on any atom is 0.0952 e. The summed E-state index contributed by atoms with van der Waals surface area (Å²) in [6, 6.07) is 10.5. The molecule has 2 rings (SSSR count). The van der Waals surface area contributed by atoms with Gasteiger partial charge in [0.2, 0.25) is 0 Å². The van der Waals surface area contributed by atoms with Crippen LogP contribution in [0, 0.1) is 11.3 Å². The topological polar surface area (TPSA) is 45.0 Å². The lowest BCUT2D eigenvalue weighted by Crippen LogP contribution is -2.28. The van der Waals surface area contributed by atoms with E-state index in [1.165, 1.54) is 11.1 Å². The Kier molecular flexibility index (Phi) is 5.99. The van der Waals surface area contributed by atoms with Crippen LogP contribution in [-0.4, -0.2) is 19.7 Å². The molecule has 3 nitrogen and oxygen atoms in total. The number of hydrogen-bond acceptors (Lipinski definition) is 3. The van der Waals surface area contributed by atoms with Gasteiger partial charge in [0.25, 0.3) is 0 Å². The number of hydrogen-bond donors (Lipinski definition) is 1. The number of fused-ring (bicyclic) bond motifs is 1. The lowest BCUT2D eigenvalue weighted by atomic mass is 9.97. The van der Waals surface area contributed by atoms with E-state index in [0.717, 1.165) is 26.1 Å². The summed E-state index contributed by atoms with van der Waals surface area (Å²) in [4.78, 5) is 0. The van der Waals surface area contributed by atoms with Gasteiger partial charge in [-0.2, -0.15) is 5.26 Å². The molecule has 1 aromatic rings. The standard InChI is InChI=1S/C13H16N2O.ClH/c14-7-3-8-15-10-13-12-5-2-1-4-11(12)6-9-16-13;/h1-2,4-5,13,15H,3,6,8-10H2;1H. The fraction of sp³-hybridized carbons (Fsp3) is 0.462. The van der Waals surface area contributed by atoms with E-state index in [9.17, 15) is 0 Å². The molecule has 0 radical (unpaired) electrons. The highest BCUT2D eigenvalue weighted by Gasteiger charge is 2.19. The van der Waals surface area contributed by atoms with Gasteiger partial charge in [-0.3, -0.25) is 0 Å². The molecule has 0 saturated heterocycles. The summed E-state index contributed by atoms with van der Waals surface area (Å²) in [6.45, 7) is 2.32. The average Bonchev–Trinajstić information content (AvgIpc) is 2.35. The van der Waals surface area contributed by atoms with E-state index < -0.39 is 0 Å². The zero-order valence-electron chi connectivity index (χ0n) is 9.69. The Hall–Kier alpha value is -1.08. The second-order valence-corrected chi connectivity index (χ2v) is 3.92. The van der Waals surface area contributed by atoms with E-state index in [1.807, 2.05) is 0 Å². The van der Waals surface area contributed by atoms with Crippen molar-refractivity contribution >= 4 is 12.4 Å². The first kappa shape index (κ1) is 14.0. The van der Waals surface area contributed by atoms with Gasteiger partial charge in [0, 0.05) is 19.5 Å². The maximum atomic E-state index is 8.44. The molecule has 0 aliphatic carbocycles. The first-order valence-corrected chi connectivity index (χ1v) is 5.69. The van der Waals surface area contributed by atoms with Crippen molar-refractivity contribution in [2.75, 3.05) is 19.7 Å². The van der Waals surface area contributed by atoms with E-state index >= 15 is 0 Å². The van der Waals surface area contributed by atoms with Crippen molar-refractivity contribution < 1.29 is 4.74 Å². The monoisotopic (exact) mass is 252 g/mol. The normalized spacial score (nSPS) is 17.7. The molecule has 0 amide bonds. The SMILES string of the molecule is Cl.N#CCCNCC1OCCc2ccccc21. The van der Waals surface area contributed by atoms with Gasteiger partial charge in [-0.15, -0.1) is 12.4 Å². The van der Waals surface area contributed by atoms with Gasteiger partial charge in [0.15, 0.2) is 0 Å². The first-order valence-electron chi connectivity index (χ1n) is 5.69. The molecular weight excluding hydrogens is 236 g/mol. The third kappa shape index (κ3) is 3.71. The Bertz CT molecular complexity index is 389. The van der Waals surface area contributed by atoms with Crippen LogP contribution in [0.5, 0.6) is 0 Å². The molecule has 1 unspecified atom stereocenters. The van der Waals surface area contributed by atoms with Crippen LogP contribution in [0.15, 0.2) is 24.3 Å². The van der Waals surface area contributed by atoms with Crippen molar-refractivity contribution in [2.24, 2.45) is 0 Å². The molecule has 4 heteroatoms. The zero-order chi connectivity index (χ0) is 11.2. The fourth-order valence-corrected chi connectivity index (χ4v) is 2.02. The number of nitrogens with zero attached hydrogens (tertiary/aromatic N) is 1. The molecule has 1 aromatic carbocycles. The smallest absolute Gasteiger partial charge is 0.0952 e. The van der Waals surface area contributed by atoms with Gasteiger partial charge in [0.05, 0.1) is 18.8 Å². The molecule has 1 heterocycles. The molecule has 0 spiro atoms. The molecule has 0 aromatic heterocycles. The molecule has 0 fully saturated rings. The summed E-state index contributed by atoms with van der Waals surface area (Å²) < 4.78 is 5.74. The van der Waals surface area contributed by atoms with Crippen LogP contribution < -0.4 is 5.32 Å². The van der Waals surface area contributed by atoms with Crippen molar-refractivity contribution in [3.8, 4) is 6.07 Å². The largest absolute Gasteiger partial charge is 0.372 e. The van der Waals surface area contributed by atoms with Gasteiger partial charge in [-0.05, 0) is 17.5 Å². The predicted octanol–water partition coefficient (Wildman–Crippen LogP) is 2.23. The number of nitriles is 1. The zero-order valence-corrected chi connectivity index (χ0v) is 10.5. The summed E-state index contributed by atoms with van der Waals surface area (Å²) in [5.41, 5.74) is 2.68. The summed E-state index contributed by atoms with van der Waals surface area (Å²) in [7, 11) is 0. The molecule has 1 aliphatic heterocycles. The molecule has 0 saturated carbocycles. The van der Waals surface area contributed by atoms with E-state index in [4.69, 9.17) is 10.00 Å². The number of benzene rings is 1. The average molecular weight is 253 g/mol. The van der Waals surface area contributed by atoms with Crippen LogP contribution in [0.3, 0.4) is 0 Å². The minimum Gasteiger partial charge on any atom is -0.372 e. The van der Waals surface area contributed by atoms with Crippen LogP contribution in [0.2, 0.25) is 0 Å². The van der Waals surface area contributed by atoms with Crippen LogP contribution >= 0.6 is 12.4 Å². The Morgan fingerprint density at radius 1 is 1.41 bits per heavy atom. The Balaban J connectivity index is 0.00000144. The van der Waals surface area contributed by atoms with Gasteiger partial charge < -0.3 is 10.1 Å². The second kappa shape index (κ2) is 7.29. The summed E-state index contributed by atoms with van der Waals surface area (Å²) >= 11 is 0. The van der Waals surface area contributed by atoms with E-state index in [1.54, 1.807) is 0 Å². The van der Waals surface area contributed by atoms with Crippen LogP contribution in [0.4, 0.5) is 0 Å². The predicted molar refractivity (Wildman–Crippen MR) is 69.2 cm³/mol. The third-order valence-corrected chi connectivity index (χ3v) is 2.84. The Morgan fingerprint density at radius 3 is 3.06 bits per heavy atom. The quantitative estimate of drug-likeness (QED) is 0.836. The number of rotatable bonds is 4. The lowest BCUT2D eigenvalue weighted by molar-refractivity contribution is 0.0428. The van der Waals surface area contributed by atoms with Crippen molar-refractivity contribution in [3.63, 3.8) is 0 Å². The molecule has 1 aliphatic rings. The lowest BCUT2D eigenvalue weighted by Gasteiger charge is -2.26. The fourth-order valence-electron chi connectivity index (χ4n) is 2.02. The molecule has 1 atom stereocenters. The van der Waals surface area contributed by atoms with Gasteiger partial charge >= 0.3 is 0 Å². The highest BCUT2D eigenvalue weighted by Crippen LogP contribution is 2.25. The Labute approximate surface area is 108 Å². The number of nitrogens with one attached hydrogen (secondary N) is 1. The van der Waals surface area contributed by atoms with Crippen LogP contribution in [0.1, 0.15) is 23.7 Å². The first-order chi connectivity index (χ1) is 7.92. The van der Waals surface area contributed by atoms with Crippen LogP contribution in [-0.2, 0) is 11.2 Å². The van der Waals surface area contributed by atoms with Gasteiger partial charge in [0.1, 0.15) is 0 Å². The molecule has 17 heavy (non-hydrogen) atoms. The Morgan fingerprint density at radius 2 is 2.24 bits per heavy atom. The van der Waals surface area contributed by atoms with Gasteiger partial charge in [-0.1, -0.05) is 24.3 Å². The van der Waals surface area contributed by atoms with Crippen molar-refractivity contribution in [3.05, 3.63) is 35.4 Å². The summed E-state index contributed by atoms with van der Waals surface area (Å²) in [5.74, 6) is 0. The van der Waals surface area contributed by atoms with Crippen LogP contribution in [0.25, 0.3) is 0 Å². The number of ether oxygens (including phenoxy) is 1. The molecule has 92 valence electrons. The maximum absolute atomic E-state index is 8.44. The van der Waals surface area contributed by atoms with Crippen molar-refractivity contribution in [1.82, 2.24) is 5.32 Å². The van der Waals surface area contributed by atoms with E-state index in [0.29, 0.717) is 6.42 Å².